The Kier molecular flexibility index (Phi) is 6.98. The van der Waals surface area contributed by atoms with Crippen molar-refractivity contribution in [3.63, 3.8) is 0 Å². The number of benzene rings is 2. The van der Waals surface area contributed by atoms with Crippen LogP contribution in [0.25, 0.3) is 21.9 Å². The van der Waals surface area contributed by atoms with E-state index < -0.39 is 23.6 Å². The van der Waals surface area contributed by atoms with E-state index in [1.54, 1.807) is 23.6 Å². The number of hydrogen-bond donors (Lipinski definition) is 4. The first-order chi connectivity index (χ1) is 19.7. The number of nitrogens with two attached hydrogens (primary N) is 1. The van der Waals surface area contributed by atoms with Crippen LogP contribution in [0, 0.1) is 5.41 Å². The van der Waals surface area contributed by atoms with Crippen LogP contribution in [0.15, 0.2) is 58.3 Å². The molecule has 2 aliphatic heterocycles. The second kappa shape index (κ2) is 10.6. The summed E-state index contributed by atoms with van der Waals surface area (Å²) in [6.45, 7) is 2.34. The number of nitrogens with zero attached hydrogens (tertiary/aromatic N) is 1. The largest absolute Gasteiger partial charge is 0.456 e. The zero-order valence-corrected chi connectivity index (χ0v) is 23.1. The molecule has 3 amide bonds. The topological polar surface area (TPSA) is 160 Å². The van der Waals surface area contributed by atoms with Crippen molar-refractivity contribution in [2.75, 3.05) is 26.3 Å². The lowest BCUT2D eigenvalue weighted by Crippen LogP contribution is -2.49. The van der Waals surface area contributed by atoms with E-state index in [1.807, 2.05) is 37.3 Å². The van der Waals surface area contributed by atoms with Gasteiger partial charge in [0.15, 0.2) is 5.79 Å². The zero-order valence-electron chi connectivity index (χ0n) is 22.3. The molecular formula is C29H29N5O6S. The second-order valence-corrected chi connectivity index (χ2v) is 11.2. The Morgan fingerprint density at radius 1 is 1.10 bits per heavy atom. The van der Waals surface area contributed by atoms with Gasteiger partial charge in [0.1, 0.15) is 23.0 Å². The molecule has 0 aliphatic carbocycles. The summed E-state index contributed by atoms with van der Waals surface area (Å²) in [5.41, 5.74) is 7.82. The predicted octanol–water partition coefficient (Wildman–Crippen LogP) is 2.88. The molecule has 2 aromatic heterocycles. The zero-order chi connectivity index (χ0) is 28.7. The molecule has 0 saturated carbocycles. The van der Waals surface area contributed by atoms with Crippen molar-refractivity contribution in [1.82, 2.24) is 15.5 Å². The third kappa shape index (κ3) is 5.17. The number of nitrogens with one attached hydrogen (secondary N) is 3. The molecule has 41 heavy (non-hydrogen) atoms. The van der Waals surface area contributed by atoms with Crippen LogP contribution in [0.2, 0.25) is 0 Å². The number of likely N-dealkylation sites (tertiary alicyclic amines) is 1. The van der Waals surface area contributed by atoms with Gasteiger partial charge in [-0.1, -0.05) is 18.2 Å². The highest BCUT2D eigenvalue weighted by molar-refractivity contribution is 7.10. The Morgan fingerprint density at radius 3 is 2.61 bits per heavy atom. The van der Waals surface area contributed by atoms with E-state index in [-0.39, 0.29) is 37.3 Å². The molecule has 0 bridgehead atoms. The number of amidine groups is 1. The van der Waals surface area contributed by atoms with Gasteiger partial charge in [-0.15, -0.1) is 11.3 Å². The van der Waals surface area contributed by atoms with E-state index in [2.05, 4.69) is 10.6 Å². The summed E-state index contributed by atoms with van der Waals surface area (Å²) in [6, 6.07) is 13.3. The van der Waals surface area contributed by atoms with E-state index in [1.165, 1.54) is 16.2 Å². The predicted molar refractivity (Wildman–Crippen MR) is 153 cm³/mol. The summed E-state index contributed by atoms with van der Waals surface area (Å²) >= 11 is 1.39. The minimum atomic E-state index is -1.05. The Hall–Kier alpha value is -4.26. The fraction of sp³-hybridized carbons (Fsp3) is 0.310. The molecule has 2 aromatic carbocycles. The van der Waals surface area contributed by atoms with Crippen LogP contribution in [0.3, 0.4) is 0 Å². The van der Waals surface area contributed by atoms with Crippen molar-refractivity contribution in [2.45, 2.75) is 31.2 Å². The van der Waals surface area contributed by atoms with E-state index in [0.29, 0.717) is 29.9 Å². The smallest absolute Gasteiger partial charge is 0.251 e. The molecule has 2 atom stereocenters. The van der Waals surface area contributed by atoms with E-state index in [9.17, 15) is 14.4 Å². The Labute approximate surface area is 239 Å². The molecule has 4 aromatic rings. The molecule has 5 N–H and O–H groups in total. The normalized spacial score (nSPS) is 18.7. The van der Waals surface area contributed by atoms with Crippen molar-refractivity contribution >= 4 is 56.8 Å². The lowest BCUT2D eigenvalue weighted by atomic mass is 10.1. The number of fused-ring (bicyclic) bond motifs is 3. The fourth-order valence-electron chi connectivity index (χ4n) is 5.37. The van der Waals surface area contributed by atoms with Crippen LogP contribution >= 0.6 is 11.3 Å². The Morgan fingerprint density at radius 2 is 1.85 bits per heavy atom. The lowest BCUT2D eigenvalue weighted by Gasteiger charge is -2.25. The SMILES string of the molecule is CC(NC(=O)[C@@H]1CC2(CN1C(=O)CNC(=O)c1ccc3c(c1)oc1ccccc13)OCCO2)c1cc(C(=N)N)cs1. The molecule has 11 nitrogen and oxygen atoms in total. The summed E-state index contributed by atoms with van der Waals surface area (Å²) in [5.74, 6) is -2.32. The highest BCUT2D eigenvalue weighted by Crippen LogP contribution is 2.35. The van der Waals surface area contributed by atoms with Gasteiger partial charge in [-0.3, -0.25) is 19.8 Å². The highest BCUT2D eigenvalue weighted by atomic mass is 32.1. The van der Waals surface area contributed by atoms with E-state index in [4.69, 9.17) is 25.0 Å². The summed E-state index contributed by atoms with van der Waals surface area (Å²) in [6.07, 6.45) is 0.178. The van der Waals surface area contributed by atoms with Gasteiger partial charge in [0.25, 0.3) is 5.91 Å². The van der Waals surface area contributed by atoms with E-state index in [0.717, 1.165) is 21.2 Å². The number of rotatable bonds is 7. The van der Waals surface area contributed by atoms with Gasteiger partial charge in [0.05, 0.1) is 32.3 Å². The first kappa shape index (κ1) is 26.9. The number of carbonyl (C=O) groups is 3. The Balaban J connectivity index is 1.14. The molecule has 212 valence electrons. The maximum Gasteiger partial charge on any atom is 0.251 e. The maximum atomic E-state index is 13.4. The van der Waals surface area contributed by atoms with Crippen LogP contribution < -0.4 is 16.4 Å². The van der Waals surface area contributed by atoms with E-state index >= 15 is 0 Å². The fourth-order valence-corrected chi connectivity index (χ4v) is 6.29. The molecule has 4 heterocycles. The van der Waals surface area contributed by atoms with Crippen LogP contribution in [0.4, 0.5) is 0 Å². The summed E-state index contributed by atoms with van der Waals surface area (Å²) in [7, 11) is 0. The average Bonchev–Trinajstić information content (AvgIpc) is 3.77. The molecule has 2 fully saturated rings. The number of carbonyl (C=O) groups excluding carboxylic acids is 3. The van der Waals surface area contributed by atoms with Gasteiger partial charge >= 0.3 is 0 Å². The van der Waals surface area contributed by atoms with Crippen molar-refractivity contribution in [1.29, 1.82) is 5.41 Å². The van der Waals surface area contributed by atoms with Crippen molar-refractivity contribution in [3.8, 4) is 0 Å². The number of para-hydroxylation sites is 1. The summed E-state index contributed by atoms with van der Waals surface area (Å²) in [4.78, 5) is 42.0. The number of nitrogen functional groups attached to an aromatic ring is 1. The number of hydrogen-bond acceptors (Lipinski definition) is 8. The van der Waals surface area contributed by atoms with Crippen molar-refractivity contribution in [3.05, 3.63) is 69.9 Å². The average molecular weight is 576 g/mol. The highest BCUT2D eigenvalue weighted by Gasteiger charge is 2.52. The van der Waals surface area contributed by atoms with Crippen LogP contribution in [0.1, 0.15) is 40.2 Å². The molecule has 1 unspecified atom stereocenters. The number of furan rings is 1. The summed E-state index contributed by atoms with van der Waals surface area (Å²) in [5, 5.41) is 16.9. The molecule has 1 spiro atoms. The van der Waals surface area contributed by atoms with Crippen LogP contribution in [-0.4, -0.2) is 66.6 Å². The quantitative estimate of drug-likeness (QED) is 0.195. The Bertz CT molecular complexity index is 1670. The van der Waals surface area contributed by atoms with Gasteiger partial charge in [-0.25, -0.2) is 0 Å². The maximum absolute atomic E-state index is 13.4. The molecule has 12 heteroatoms. The van der Waals surface area contributed by atoms with Crippen LogP contribution in [0.5, 0.6) is 0 Å². The van der Waals surface area contributed by atoms with Gasteiger partial charge in [0.2, 0.25) is 11.8 Å². The van der Waals surface area contributed by atoms with Gasteiger partial charge in [-0.05, 0) is 37.3 Å². The van der Waals surface area contributed by atoms with Gasteiger partial charge in [0, 0.05) is 38.6 Å². The molecule has 2 aliphatic rings. The second-order valence-electron chi connectivity index (χ2n) is 10.2. The van der Waals surface area contributed by atoms with Crippen molar-refractivity contribution < 1.29 is 28.3 Å². The minimum absolute atomic E-state index is 0.0457. The number of ether oxygens (including phenoxy) is 2. The number of amides is 3. The molecule has 6 rings (SSSR count). The third-order valence-corrected chi connectivity index (χ3v) is 8.60. The number of thiophene rings is 1. The first-order valence-corrected chi connectivity index (χ1v) is 14.1. The van der Waals surface area contributed by atoms with Crippen LogP contribution in [-0.2, 0) is 19.1 Å². The van der Waals surface area contributed by atoms with Gasteiger partial charge in [-0.2, -0.15) is 0 Å². The minimum Gasteiger partial charge on any atom is -0.456 e. The lowest BCUT2D eigenvalue weighted by molar-refractivity contribution is -0.152. The van der Waals surface area contributed by atoms with Gasteiger partial charge < -0.3 is 35.2 Å². The summed E-state index contributed by atoms with van der Waals surface area (Å²) < 4.78 is 17.5. The van der Waals surface area contributed by atoms with Crippen molar-refractivity contribution in [2.24, 2.45) is 5.73 Å². The molecule has 2 saturated heterocycles. The monoisotopic (exact) mass is 575 g/mol. The first-order valence-electron chi connectivity index (χ1n) is 13.2. The molecular weight excluding hydrogens is 546 g/mol. The third-order valence-electron chi connectivity index (χ3n) is 7.49. The standard InChI is InChI=1S/C29H29N5O6S/c1-16(24-11-18(14-41-24)26(30)31)33-28(37)21-12-29(38-8-9-39-29)15-34(21)25(35)13-32-27(36)17-6-7-20-19-4-2-3-5-22(19)40-23(20)10-17/h2-7,10-11,14,16,21H,8-9,12-13,15H2,1H3,(H3,30,31)(H,32,36)(H,33,37)/t16?,21-/m0/s1. The molecule has 0 radical (unpaired) electrons.